The number of nitrogens with zero attached hydrogens (tertiary/aromatic N) is 3. The number of halogens is 1. The molecule has 0 saturated carbocycles. The minimum Gasteiger partial charge on any atom is -0.435 e. The Labute approximate surface area is 199 Å². The molecule has 3 heterocycles. The molecule has 6 nitrogen and oxygen atoms in total. The summed E-state index contributed by atoms with van der Waals surface area (Å²) in [5.41, 5.74) is 1.62. The molecule has 0 aliphatic carbocycles. The van der Waals surface area contributed by atoms with Crippen LogP contribution in [0, 0.1) is 12.3 Å². The Balaban J connectivity index is 1.72. The van der Waals surface area contributed by atoms with E-state index in [4.69, 9.17) is 11.2 Å². The van der Waals surface area contributed by atoms with E-state index >= 15 is 0 Å². The van der Waals surface area contributed by atoms with Crippen LogP contribution in [0.25, 0.3) is 0 Å². The second kappa shape index (κ2) is 11.7. The van der Waals surface area contributed by atoms with Gasteiger partial charge in [0.25, 0.3) is 0 Å². The van der Waals surface area contributed by atoms with E-state index in [0.717, 1.165) is 28.6 Å². The lowest BCUT2D eigenvalue weighted by molar-refractivity contribution is 0.0325. The van der Waals surface area contributed by atoms with Crippen molar-refractivity contribution in [2.24, 2.45) is 0 Å². The maximum atomic E-state index is 13.0. The smallest absolute Gasteiger partial charge is 0.341 e. The van der Waals surface area contributed by atoms with Crippen LogP contribution < -0.4 is 4.90 Å². The maximum Gasteiger partial charge on any atom is 0.341 e. The van der Waals surface area contributed by atoms with Crippen LogP contribution in [-0.4, -0.2) is 41.2 Å². The van der Waals surface area contributed by atoms with E-state index in [2.05, 4.69) is 33.8 Å². The number of ether oxygens (including phenoxy) is 1. The van der Waals surface area contributed by atoms with Crippen molar-refractivity contribution in [3.05, 3.63) is 31.9 Å². The second-order valence-electron chi connectivity index (χ2n) is 7.33. The first-order valence-corrected chi connectivity index (χ1v) is 13.0. The number of anilines is 1. The Kier molecular flexibility index (Phi) is 8.93. The molecule has 31 heavy (non-hydrogen) atoms. The molecule has 1 atom stereocenters. The minimum atomic E-state index is -0.725. The molecule has 2 amide bonds. The summed E-state index contributed by atoms with van der Waals surface area (Å²) >= 11 is 6.22. The van der Waals surface area contributed by atoms with Crippen LogP contribution in [0.1, 0.15) is 61.4 Å². The van der Waals surface area contributed by atoms with Crippen molar-refractivity contribution in [1.82, 2.24) is 9.88 Å². The lowest BCUT2D eigenvalue weighted by Gasteiger charge is -2.20. The van der Waals surface area contributed by atoms with Crippen molar-refractivity contribution in [3.63, 3.8) is 0 Å². The zero-order valence-corrected chi connectivity index (χ0v) is 20.7. The SMILES string of the molecule is C#CCCCN1CC(OC(=O)c2cscc2CCCCCC)N(c2ncc(Br)s2)C1=O. The van der Waals surface area contributed by atoms with E-state index in [9.17, 15) is 9.59 Å². The second-order valence-corrected chi connectivity index (χ2v) is 10.5. The van der Waals surface area contributed by atoms with Crippen LogP contribution in [0.5, 0.6) is 0 Å². The summed E-state index contributed by atoms with van der Waals surface area (Å²) in [6.07, 6.45) is 13.0. The van der Waals surface area contributed by atoms with Gasteiger partial charge in [-0.25, -0.2) is 19.5 Å². The number of hydrogen-bond acceptors (Lipinski definition) is 6. The first kappa shape index (κ1) is 23.8. The van der Waals surface area contributed by atoms with Crippen molar-refractivity contribution in [2.75, 3.05) is 18.0 Å². The van der Waals surface area contributed by atoms with Gasteiger partial charge in [0.1, 0.15) is 0 Å². The number of rotatable bonds is 11. The molecule has 2 aromatic heterocycles. The number of aromatic nitrogens is 1. The third kappa shape index (κ3) is 6.09. The highest BCUT2D eigenvalue weighted by Gasteiger charge is 2.42. The number of thiophene rings is 1. The Morgan fingerprint density at radius 1 is 1.35 bits per heavy atom. The topological polar surface area (TPSA) is 62.7 Å². The molecule has 1 unspecified atom stereocenters. The number of esters is 1. The van der Waals surface area contributed by atoms with Crippen LogP contribution in [0.2, 0.25) is 0 Å². The third-order valence-electron chi connectivity index (χ3n) is 5.07. The van der Waals surface area contributed by atoms with Gasteiger partial charge in [0.05, 0.1) is 22.1 Å². The molecule has 1 aliphatic rings. The van der Waals surface area contributed by atoms with E-state index in [-0.39, 0.29) is 6.03 Å². The summed E-state index contributed by atoms with van der Waals surface area (Å²) in [6, 6.07) is -0.221. The average Bonchev–Trinajstić information content (AvgIpc) is 3.45. The van der Waals surface area contributed by atoms with Crippen LogP contribution >= 0.6 is 38.6 Å². The average molecular weight is 525 g/mol. The Morgan fingerprint density at radius 3 is 2.90 bits per heavy atom. The first-order valence-electron chi connectivity index (χ1n) is 10.4. The number of thiazole rings is 1. The lowest BCUT2D eigenvalue weighted by Crippen LogP contribution is -2.37. The number of carbonyl (C=O) groups is 2. The summed E-state index contributed by atoms with van der Waals surface area (Å²) in [4.78, 5) is 33.5. The minimum absolute atomic E-state index is 0.221. The van der Waals surface area contributed by atoms with Gasteiger partial charge in [-0.3, -0.25) is 0 Å². The largest absolute Gasteiger partial charge is 0.435 e. The highest BCUT2D eigenvalue weighted by molar-refractivity contribution is 9.11. The summed E-state index contributed by atoms with van der Waals surface area (Å²) < 4.78 is 6.65. The van der Waals surface area contributed by atoms with Crippen LogP contribution in [0.3, 0.4) is 0 Å². The van der Waals surface area contributed by atoms with Crippen LogP contribution in [0.4, 0.5) is 9.93 Å². The zero-order chi connectivity index (χ0) is 22.2. The zero-order valence-electron chi connectivity index (χ0n) is 17.5. The molecule has 9 heteroatoms. The van der Waals surface area contributed by atoms with Gasteiger partial charge in [0, 0.05) is 18.3 Å². The van der Waals surface area contributed by atoms with Crippen molar-refractivity contribution < 1.29 is 14.3 Å². The highest BCUT2D eigenvalue weighted by atomic mass is 79.9. The summed E-state index contributed by atoms with van der Waals surface area (Å²) in [7, 11) is 0. The number of terminal acetylenes is 1. The normalized spacial score (nSPS) is 16.0. The maximum absolute atomic E-state index is 13.0. The van der Waals surface area contributed by atoms with Gasteiger partial charge in [-0.1, -0.05) is 37.5 Å². The number of hydrogen-bond donors (Lipinski definition) is 0. The molecule has 1 saturated heterocycles. The van der Waals surface area contributed by atoms with E-state index in [1.165, 1.54) is 40.4 Å². The molecule has 0 N–H and O–H groups in total. The Morgan fingerprint density at radius 2 is 2.19 bits per heavy atom. The van der Waals surface area contributed by atoms with Crippen molar-refractivity contribution in [3.8, 4) is 12.3 Å². The quantitative estimate of drug-likeness (QED) is 0.208. The summed E-state index contributed by atoms with van der Waals surface area (Å²) in [5, 5.41) is 4.35. The number of aryl methyl sites for hydroxylation is 1. The number of urea groups is 1. The van der Waals surface area contributed by atoms with Gasteiger partial charge in [-0.2, -0.15) is 11.3 Å². The molecule has 166 valence electrons. The fourth-order valence-corrected chi connectivity index (χ4v) is 5.54. The molecule has 3 rings (SSSR count). The molecule has 1 fully saturated rings. The van der Waals surface area contributed by atoms with E-state index in [0.29, 0.717) is 36.6 Å². The third-order valence-corrected chi connectivity index (χ3v) is 7.33. The fourth-order valence-electron chi connectivity index (χ4n) is 3.46. The van der Waals surface area contributed by atoms with Crippen molar-refractivity contribution in [2.45, 2.75) is 58.1 Å². The van der Waals surface area contributed by atoms with Gasteiger partial charge in [-0.15, -0.1) is 12.3 Å². The molecule has 0 aromatic carbocycles. The first-order chi connectivity index (χ1) is 15.0. The molecule has 1 aliphatic heterocycles. The molecule has 2 aromatic rings. The van der Waals surface area contributed by atoms with Crippen LogP contribution in [-0.2, 0) is 11.2 Å². The van der Waals surface area contributed by atoms with E-state index in [1.807, 2.05) is 10.8 Å². The molecule has 0 radical (unpaired) electrons. The van der Waals surface area contributed by atoms with Gasteiger partial charge in [0.2, 0.25) is 6.23 Å². The predicted molar refractivity (Wildman–Crippen MR) is 129 cm³/mol. The van der Waals surface area contributed by atoms with Crippen molar-refractivity contribution in [1.29, 1.82) is 0 Å². The van der Waals surface area contributed by atoms with Crippen LogP contribution in [0.15, 0.2) is 20.7 Å². The van der Waals surface area contributed by atoms with Crippen molar-refractivity contribution >= 4 is 55.7 Å². The number of amides is 2. The monoisotopic (exact) mass is 523 g/mol. The summed E-state index contributed by atoms with van der Waals surface area (Å²) in [6.45, 7) is 2.99. The molecular weight excluding hydrogens is 498 g/mol. The number of carbonyl (C=O) groups excluding carboxylic acids is 2. The molecule has 0 spiro atoms. The number of unbranched alkanes of at least 4 members (excludes halogenated alkanes) is 4. The van der Waals surface area contributed by atoms with Gasteiger partial charge in [0.15, 0.2) is 5.13 Å². The Bertz CT molecular complexity index is 937. The standard InChI is InChI=1S/C22H26BrN3O3S2/c1-3-5-7-8-10-16-14-30-15-17(16)20(27)29-19-13-25(11-9-6-4-2)22(28)26(19)21-24-12-18(23)31-21/h2,12,14-15,19H,3,5-11,13H2,1H3. The van der Waals surface area contributed by atoms with Gasteiger partial charge in [-0.05, 0) is 46.1 Å². The fraction of sp³-hybridized carbons (Fsp3) is 0.500. The van der Waals surface area contributed by atoms with E-state index in [1.54, 1.807) is 11.1 Å². The van der Waals surface area contributed by atoms with Gasteiger partial charge < -0.3 is 9.64 Å². The molecular formula is C22H26BrN3O3S2. The predicted octanol–water partition coefficient (Wildman–Crippen LogP) is 5.93. The lowest BCUT2D eigenvalue weighted by atomic mass is 10.1. The summed E-state index contributed by atoms with van der Waals surface area (Å²) in [5.74, 6) is 2.20. The van der Waals surface area contributed by atoms with E-state index < -0.39 is 12.2 Å². The molecule has 0 bridgehead atoms. The highest BCUT2D eigenvalue weighted by Crippen LogP contribution is 2.33. The van der Waals surface area contributed by atoms with Gasteiger partial charge >= 0.3 is 12.0 Å². The Hall–Kier alpha value is -1.89.